The number of hydrogen-bond donors (Lipinski definition) is 2. The van der Waals surface area contributed by atoms with Crippen molar-refractivity contribution in [3.8, 4) is 11.1 Å². The van der Waals surface area contributed by atoms with E-state index in [1.54, 1.807) is 11.8 Å². The molecule has 0 radical (unpaired) electrons. The number of carbonyl (C=O) groups is 3. The number of carboxylic acids is 1. The third-order valence-corrected chi connectivity index (χ3v) is 7.52. The number of aliphatic carboxylic acids is 1. The summed E-state index contributed by atoms with van der Waals surface area (Å²) >= 11 is 0. The third kappa shape index (κ3) is 4.39. The van der Waals surface area contributed by atoms with Crippen LogP contribution >= 0.6 is 0 Å². The van der Waals surface area contributed by atoms with Crippen LogP contribution in [-0.2, 0) is 14.3 Å². The van der Waals surface area contributed by atoms with E-state index in [2.05, 4.69) is 29.6 Å². The molecule has 2 amide bonds. The van der Waals surface area contributed by atoms with E-state index in [9.17, 15) is 19.5 Å². The van der Waals surface area contributed by atoms with Crippen LogP contribution in [0.3, 0.4) is 0 Å². The summed E-state index contributed by atoms with van der Waals surface area (Å²) in [5.74, 6) is -1.20. The molecule has 180 valence electrons. The summed E-state index contributed by atoms with van der Waals surface area (Å²) in [5, 5.41) is 12.4. The van der Waals surface area contributed by atoms with Crippen LogP contribution in [0.4, 0.5) is 4.79 Å². The molecule has 1 heterocycles. The van der Waals surface area contributed by atoms with Gasteiger partial charge in [-0.25, -0.2) is 4.79 Å². The van der Waals surface area contributed by atoms with Crippen LogP contribution in [0.15, 0.2) is 48.5 Å². The number of amides is 2. The van der Waals surface area contributed by atoms with E-state index >= 15 is 0 Å². The van der Waals surface area contributed by atoms with Gasteiger partial charge in [0.25, 0.3) is 0 Å². The summed E-state index contributed by atoms with van der Waals surface area (Å²) in [5.41, 5.74) is 3.67. The molecule has 34 heavy (non-hydrogen) atoms. The number of carboxylic acid groups (broad SMARTS) is 1. The molecule has 1 saturated heterocycles. The van der Waals surface area contributed by atoms with Crippen LogP contribution < -0.4 is 5.32 Å². The van der Waals surface area contributed by atoms with Crippen LogP contribution in [0.2, 0.25) is 0 Å². The number of hydrogen-bond acceptors (Lipinski definition) is 4. The van der Waals surface area contributed by atoms with Crippen molar-refractivity contribution in [3.63, 3.8) is 0 Å². The number of benzene rings is 2. The van der Waals surface area contributed by atoms with Crippen molar-refractivity contribution >= 4 is 18.0 Å². The molecule has 0 unspecified atom stereocenters. The van der Waals surface area contributed by atoms with Crippen LogP contribution in [-0.4, -0.2) is 53.7 Å². The van der Waals surface area contributed by atoms with Gasteiger partial charge in [0.1, 0.15) is 6.61 Å². The van der Waals surface area contributed by atoms with E-state index in [0.29, 0.717) is 13.0 Å². The Morgan fingerprint density at radius 1 is 1.12 bits per heavy atom. The highest BCUT2D eigenvalue weighted by atomic mass is 16.5. The minimum Gasteiger partial charge on any atom is -0.481 e. The number of nitrogens with one attached hydrogen (secondary N) is 1. The van der Waals surface area contributed by atoms with Crippen LogP contribution in [0.5, 0.6) is 0 Å². The number of fused-ring (bicyclic) bond motifs is 3. The fraction of sp³-hybridized carbons (Fsp3) is 0.444. The van der Waals surface area contributed by atoms with Gasteiger partial charge < -0.3 is 20.1 Å². The molecule has 0 spiro atoms. The minimum absolute atomic E-state index is 0.0281. The molecule has 4 rings (SSSR count). The lowest BCUT2D eigenvalue weighted by atomic mass is 9.81. The van der Waals surface area contributed by atoms with Crippen molar-refractivity contribution in [2.45, 2.75) is 45.6 Å². The Kier molecular flexibility index (Phi) is 6.64. The van der Waals surface area contributed by atoms with Crippen molar-refractivity contribution in [1.29, 1.82) is 0 Å². The summed E-state index contributed by atoms with van der Waals surface area (Å²) in [4.78, 5) is 38.7. The van der Waals surface area contributed by atoms with E-state index < -0.39 is 17.5 Å². The number of nitrogens with zero attached hydrogens (tertiary/aromatic N) is 1. The molecule has 0 saturated carbocycles. The van der Waals surface area contributed by atoms with Gasteiger partial charge in [0.05, 0.1) is 5.41 Å². The van der Waals surface area contributed by atoms with Crippen molar-refractivity contribution in [2.24, 2.45) is 11.3 Å². The highest BCUT2D eigenvalue weighted by Gasteiger charge is 2.47. The monoisotopic (exact) mass is 464 g/mol. The highest BCUT2D eigenvalue weighted by Crippen LogP contribution is 2.44. The maximum Gasteiger partial charge on any atom is 0.407 e. The lowest BCUT2D eigenvalue weighted by Crippen LogP contribution is -2.41. The zero-order valence-corrected chi connectivity index (χ0v) is 19.9. The zero-order chi connectivity index (χ0) is 24.5. The Balaban J connectivity index is 1.34. The normalized spacial score (nSPS) is 22.1. The summed E-state index contributed by atoms with van der Waals surface area (Å²) in [6.07, 6.45) is 0.130. The fourth-order valence-corrected chi connectivity index (χ4v) is 5.06. The highest BCUT2D eigenvalue weighted by molar-refractivity contribution is 5.82. The van der Waals surface area contributed by atoms with Gasteiger partial charge in [0.15, 0.2) is 0 Å². The Bertz CT molecular complexity index is 1050. The standard InChI is InChI=1S/C27H32N2O5/c1-4-18(13-24(30)29-14-17(2)27(3,16-29)25(31)32)28-26(33)34-15-23-21-11-7-5-9-19(21)20-10-6-8-12-22(20)23/h5-12,17-18,23H,4,13-16H2,1-3H3,(H,28,33)(H,31,32)/t17-,18-,27-/m0/s1. The second kappa shape index (κ2) is 9.49. The smallest absolute Gasteiger partial charge is 0.407 e. The van der Waals surface area contributed by atoms with Gasteiger partial charge in [-0.15, -0.1) is 0 Å². The van der Waals surface area contributed by atoms with Gasteiger partial charge in [0, 0.05) is 31.5 Å². The maximum absolute atomic E-state index is 12.8. The molecule has 0 aromatic heterocycles. The number of rotatable bonds is 7. The number of ether oxygens (including phenoxy) is 1. The zero-order valence-electron chi connectivity index (χ0n) is 19.9. The maximum atomic E-state index is 12.8. The van der Waals surface area contributed by atoms with Crippen molar-refractivity contribution in [2.75, 3.05) is 19.7 Å². The summed E-state index contributed by atoms with van der Waals surface area (Å²) in [7, 11) is 0. The molecule has 2 aromatic rings. The lowest BCUT2D eigenvalue weighted by Gasteiger charge is -2.24. The third-order valence-electron chi connectivity index (χ3n) is 7.52. The predicted molar refractivity (Wildman–Crippen MR) is 128 cm³/mol. The van der Waals surface area contributed by atoms with Crippen molar-refractivity contribution in [3.05, 3.63) is 59.7 Å². The van der Waals surface area contributed by atoms with Crippen molar-refractivity contribution in [1.82, 2.24) is 10.2 Å². The second-order valence-electron chi connectivity index (χ2n) is 9.68. The predicted octanol–water partition coefficient (Wildman–Crippen LogP) is 4.26. The van der Waals surface area contributed by atoms with Crippen LogP contribution in [0, 0.1) is 11.3 Å². The molecular formula is C27H32N2O5. The summed E-state index contributed by atoms with van der Waals surface area (Å²) < 4.78 is 5.61. The number of alkyl carbamates (subject to hydrolysis) is 1. The van der Waals surface area contributed by atoms with Gasteiger partial charge in [-0.05, 0) is 41.5 Å². The SMILES string of the molecule is CC[C@@H](CC(=O)N1C[C@H](C)[C@@](C)(C(=O)O)C1)NC(=O)OCC1c2ccccc2-c2ccccc21. The molecule has 7 heteroatoms. The summed E-state index contributed by atoms with van der Waals surface area (Å²) in [6.45, 7) is 6.24. The first kappa shape index (κ1) is 23.8. The average molecular weight is 465 g/mol. The molecule has 2 N–H and O–H groups in total. The van der Waals surface area contributed by atoms with E-state index in [1.165, 1.54) is 0 Å². The molecule has 0 bridgehead atoms. The van der Waals surface area contributed by atoms with E-state index in [0.717, 1.165) is 22.3 Å². The molecule has 1 fully saturated rings. The Hall–Kier alpha value is -3.35. The lowest BCUT2D eigenvalue weighted by molar-refractivity contribution is -0.149. The fourth-order valence-electron chi connectivity index (χ4n) is 5.06. The van der Waals surface area contributed by atoms with Gasteiger partial charge in [-0.3, -0.25) is 9.59 Å². The molecule has 7 nitrogen and oxygen atoms in total. The average Bonchev–Trinajstić information content (AvgIpc) is 3.32. The van der Waals surface area contributed by atoms with Gasteiger partial charge >= 0.3 is 12.1 Å². The largest absolute Gasteiger partial charge is 0.481 e. The first-order chi connectivity index (χ1) is 16.2. The molecule has 1 aliphatic carbocycles. The minimum atomic E-state index is -0.947. The first-order valence-electron chi connectivity index (χ1n) is 11.9. The first-order valence-corrected chi connectivity index (χ1v) is 11.9. The van der Waals surface area contributed by atoms with E-state index in [4.69, 9.17) is 4.74 Å². The van der Waals surface area contributed by atoms with Gasteiger partial charge in [0.2, 0.25) is 5.91 Å². The van der Waals surface area contributed by atoms with Crippen LogP contribution in [0.1, 0.15) is 50.7 Å². The van der Waals surface area contributed by atoms with Gasteiger partial charge in [-0.1, -0.05) is 62.4 Å². The van der Waals surface area contributed by atoms with E-state index in [1.807, 2.05) is 38.1 Å². The number of carbonyl (C=O) groups excluding carboxylic acids is 2. The van der Waals surface area contributed by atoms with Crippen LogP contribution in [0.25, 0.3) is 11.1 Å². The van der Waals surface area contributed by atoms with Crippen molar-refractivity contribution < 1.29 is 24.2 Å². The van der Waals surface area contributed by atoms with Gasteiger partial charge in [-0.2, -0.15) is 0 Å². The molecule has 2 aliphatic rings. The Labute approximate surface area is 200 Å². The quantitative estimate of drug-likeness (QED) is 0.638. The molecular weight excluding hydrogens is 432 g/mol. The molecule has 2 aromatic carbocycles. The molecule has 1 aliphatic heterocycles. The number of likely N-dealkylation sites (tertiary alicyclic amines) is 1. The van der Waals surface area contributed by atoms with E-state index in [-0.39, 0.29) is 43.4 Å². The Morgan fingerprint density at radius 3 is 2.24 bits per heavy atom. The summed E-state index contributed by atoms with van der Waals surface area (Å²) in [6, 6.07) is 15.9. The Morgan fingerprint density at radius 2 is 1.71 bits per heavy atom. The molecule has 3 atom stereocenters. The topological polar surface area (TPSA) is 95.9 Å². The second-order valence-corrected chi connectivity index (χ2v) is 9.68.